The van der Waals surface area contributed by atoms with E-state index in [1.807, 2.05) is 13.0 Å². The Bertz CT molecular complexity index is 1180. The quantitative estimate of drug-likeness (QED) is 0.553. The second kappa shape index (κ2) is 8.22. The van der Waals surface area contributed by atoms with Crippen molar-refractivity contribution >= 4 is 44.3 Å². The Morgan fingerprint density at radius 1 is 1.11 bits per heavy atom. The lowest BCUT2D eigenvalue weighted by atomic mass is 10.2. The third-order valence-electron chi connectivity index (χ3n) is 4.08. The first kappa shape index (κ1) is 19.6. The smallest absolute Gasteiger partial charge is 0.329 e. The zero-order valence-corrected chi connectivity index (χ0v) is 16.5. The van der Waals surface area contributed by atoms with Crippen molar-refractivity contribution in [3.05, 3.63) is 73.3 Å². The fourth-order valence-electron chi connectivity index (χ4n) is 2.65. The van der Waals surface area contributed by atoms with Crippen molar-refractivity contribution in [3.63, 3.8) is 0 Å². The average Bonchev–Trinajstić information content (AvgIpc) is 2.66. The van der Waals surface area contributed by atoms with Gasteiger partial charge >= 0.3 is 5.69 Å². The molecule has 0 aliphatic rings. The predicted molar refractivity (Wildman–Crippen MR) is 109 cm³/mol. The zero-order chi connectivity index (χ0) is 20.3. The molecule has 28 heavy (non-hydrogen) atoms. The van der Waals surface area contributed by atoms with Crippen molar-refractivity contribution in [1.82, 2.24) is 14.9 Å². The number of hydrogen-bond donors (Lipinski definition) is 3. The molecule has 3 aromatic rings. The van der Waals surface area contributed by atoms with Crippen molar-refractivity contribution in [2.75, 3.05) is 11.9 Å². The topological polar surface area (TPSA) is 113 Å². The average molecular weight is 445 g/mol. The van der Waals surface area contributed by atoms with Gasteiger partial charge in [-0.1, -0.05) is 28.1 Å². The number of carbonyl (C=O) groups is 2. The van der Waals surface area contributed by atoms with Crippen LogP contribution in [0.2, 0.25) is 0 Å². The number of hydrogen-bond acceptors (Lipinski definition) is 4. The molecule has 1 heterocycles. The molecule has 3 rings (SSSR count). The number of rotatable bonds is 5. The molecular weight excluding hydrogens is 428 g/mol. The molecule has 0 spiro atoms. The highest BCUT2D eigenvalue weighted by Crippen LogP contribution is 2.19. The van der Waals surface area contributed by atoms with E-state index in [0.717, 1.165) is 14.6 Å². The molecule has 144 valence electrons. The highest BCUT2D eigenvalue weighted by atomic mass is 79.9. The van der Waals surface area contributed by atoms with E-state index in [1.54, 1.807) is 36.4 Å². The number of H-pyrrole nitrogens is 1. The summed E-state index contributed by atoms with van der Waals surface area (Å²) in [7, 11) is 0. The first-order valence-corrected chi connectivity index (χ1v) is 9.19. The Balaban J connectivity index is 1.64. The first-order valence-electron chi connectivity index (χ1n) is 8.39. The summed E-state index contributed by atoms with van der Waals surface area (Å²) >= 11 is 3.38. The Labute approximate surface area is 167 Å². The SMILES string of the molecule is Cc1cc(NC(=O)CNC(=O)Cn2c(=O)[nH]c3ccccc3c2=O)ccc1Br. The third-order valence-corrected chi connectivity index (χ3v) is 4.97. The summed E-state index contributed by atoms with van der Waals surface area (Å²) in [5, 5.41) is 5.38. The highest BCUT2D eigenvalue weighted by molar-refractivity contribution is 9.10. The molecule has 9 heteroatoms. The molecule has 8 nitrogen and oxygen atoms in total. The summed E-state index contributed by atoms with van der Waals surface area (Å²) in [5.41, 5.74) is 0.704. The van der Waals surface area contributed by atoms with Crippen LogP contribution < -0.4 is 21.9 Å². The molecule has 0 saturated carbocycles. The number of aromatic amines is 1. The van der Waals surface area contributed by atoms with Gasteiger partial charge in [-0.15, -0.1) is 0 Å². The van der Waals surface area contributed by atoms with Crippen LogP contribution >= 0.6 is 15.9 Å². The molecular formula is C19H17BrN4O4. The lowest BCUT2D eigenvalue weighted by Gasteiger charge is -2.09. The molecule has 0 unspecified atom stereocenters. The van der Waals surface area contributed by atoms with E-state index >= 15 is 0 Å². The minimum Gasteiger partial charge on any atom is -0.345 e. The molecule has 0 aliphatic heterocycles. The lowest BCUT2D eigenvalue weighted by molar-refractivity contribution is -0.124. The van der Waals surface area contributed by atoms with E-state index in [0.29, 0.717) is 16.6 Å². The van der Waals surface area contributed by atoms with Crippen LogP contribution in [-0.4, -0.2) is 27.9 Å². The third kappa shape index (κ3) is 4.37. The summed E-state index contributed by atoms with van der Waals surface area (Å²) in [6.07, 6.45) is 0. The number of para-hydroxylation sites is 1. The number of carbonyl (C=O) groups excluding carboxylic acids is 2. The molecule has 1 aromatic heterocycles. The largest absolute Gasteiger partial charge is 0.345 e. The highest BCUT2D eigenvalue weighted by Gasteiger charge is 2.12. The number of aryl methyl sites for hydroxylation is 1. The number of amides is 2. The molecule has 0 radical (unpaired) electrons. The molecule has 2 aromatic carbocycles. The van der Waals surface area contributed by atoms with Crippen LogP contribution in [0.15, 0.2) is 56.5 Å². The van der Waals surface area contributed by atoms with Gasteiger partial charge in [-0.25, -0.2) is 4.79 Å². The zero-order valence-electron chi connectivity index (χ0n) is 14.9. The second-order valence-electron chi connectivity index (χ2n) is 6.16. The van der Waals surface area contributed by atoms with Crippen LogP contribution in [-0.2, 0) is 16.1 Å². The maximum absolute atomic E-state index is 12.4. The van der Waals surface area contributed by atoms with Gasteiger partial charge in [0.2, 0.25) is 11.8 Å². The molecule has 2 amide bonds. The van der Waals surface area contributed by atoms with Crippen molar-refractivity contribution < 1.29 is 9.59 Å². The summed E-state index contributed by atoms with van der Waals surface area (Å²) in [6, 6.07) is 11.9. The number of nitrogens with one attached hydrogen (secondary N) is 3. The van der Waals surface area contributed by atoms with Crippen LogP contribution in [0, 0.1) is 6.92 Å². The van der Waals surface area contributed by atoms with E-state index in [-0.39, 0.29) is 6.54 Å². The Morgan fingerprint density at radius 3 is 2.61 bits per heavy atom. The summed E-state index contributed by atoms with van der Waals surface area (Å²) in [4.78, 5) is 51.1. The molecule has 0 atom stereocenters. The minimum atomic E-state index is -0.686. The van der Waals surface area contributed by atoms with Crippen LogP contribution in [0.5, 0.6) is 0 Å². The van der Waals surface area contributed by atoms with Gasteiger partial charge in [0.1, 0.15) is 6.54 Å². The van der Waals surface area contributed by atoms with Gasteiger partial charge in [-0.3, -0.25) is 19.0 Å². The van der Waals surface area contributed by atoms with Crippen LogP contribution in [0.3, 0.4) is 0 Å². The fourth-order valence-corrected chi connectivity index (χ4v) is 2.90. The Morgan fingerprint density at radius 2 is 1.86 bits per heavy atom. The summed E-state index contributed by atoms with van der Waals surface area (Å²) < 4.78 is 1.72. The van der Waals surface area contributed by atoms with Gasteiger partial charge in [0.15, 0.2) is 0 Å². The lowest BCUT2D eigenvalue weighted by Crippen LogP contribution is -2.42. The standard InChI is InChI=1S/C19H17BrN4O4/c1-11-8-12(6-7-14(11)20)22-16(25)9-21-17(26)10-24-18(27)13-4-2-3-5-15(13)23-19(24)28/h2-8H,9-10H2,1H3,(H,21,26)(H,22,25)(H,23,28). The van der Waals surface area contributed by atoms with Crippen LogP contribution in [0.25, 0.3) is 10.9 Å². The fraction of sp³-hybridized carbons (Fsp3) is 0.158. The number of fused-ring (bicyclic) bond motifs is 1. The summed E-state index contributed by atoms with van der Waals surface area (Å²) in [5.74, 6) is -1.04. The van der Waals surface area contributed by atoms with Crippen molar-refractivity contribution in [1.29, 1.82) is 0 Å². The van der Waals surface area contributed by atoms with Gasteiger partial charge in [0.05, 0.1) is 17.4 Å². The van der Waals surface area contributed by atoms with Crippen LogP contribution in [0.4, 0.5) is 5.69 Å². The number of aromatic nitrogens is 2. The molecule has 3 N–H and O–H groups in total. The van der Waals surface area contributed by atoms with E-state index in [4.69, 9.17) is 0 Å². The van der Waals surface area contributed by atoms with Crippen molar-refractivity contribution in [3.8, 4) is 0 Å². The number of anilines is 1. The summed E-state index contributed by atoms with van der Waals surface area (Å²) in [6.45, 7) is 1.12. The molecule has 0 fully saturated rings. The molecule has 0 saturated heterocycles. The monoisotopic (exact) mass is 444 g/mol. The second-order valence-corrected chi connectivity index (χ2v) is 7.01. The molecule has 0 aliphatic carbocycles. The normalized spacial score (nSPS) is 10.6. The maximum atomic E-state index is 12.4. The number of nitrogens with zero attached hydrogens (tertiary/aromatic N) is 1. The van der Waals surface area contributed by atoms with E-state index < -0.39 is 29.6 Å². The number of halogens is 1. The van der Waals surface area contributed by atoms with E-state index in [1.165, 1.54) is 0 Å². The van der Waals surface area contributed by atoms with E-state index in [2.05, 4.69) is 31.5 Å². The van der Waals surface area contributed by atoms with Gasteiger partial charge in [-0.05, 0) is 42.8 Å². The van der Waals surface area contributed by atoms with Crippen LogP contribution in [0.1, 0.15) is 5.56 Å². The van der Waals surface area contributed by atoms with Gasteiger partial charge in [-0.2, -0.15) is 0 Å². The maximum Gasteiger partial charge on any atom is 0.329 e. The van der Waals surface area contributed by atoms with Crippen molar-refractivity contribution in [2.45, 2.75) is 13.5 Å². The Kier molecular flexibility index (Phi) is 5.74. The van der Waals surface area contributed by atoms with Gasteiger partial charge in [0, 0.05) is 10.2 Å². The predicted octanol–water partition coefficient (Wildman–Crippen LogP) is 1.52. The van der Waals surface area contributed by atoms with Gasteiger partial charge in [0.25, 0.3) is 5.56 Å². The molecule has 0 bridgehead atoms. The Hall–Kier alpha value is -3.20. The van der Waals surface area contributed by atoms with Gasteiger partial charge < -0.3 is 15.6 Å². The van der Waals surface area contributed by atoms with Crippen molar-refractivity contribution in [2.24, 2.45) is 0 Å². The minimum absolute atomic E-state index is 0.284. The number of benzene rings is 2. The van der Waals surface area contributed by atoms with E-state index in [9.17, 15) is 19.2 Å². The first-order chi connectivity index (χ1) is 13.3.